The van der Waals surface area contributed by atoms with Crippen LogP contribution in [-0.4, -0.2) is 42.4 Å². The highest BCUT2D eigenvalue weighted by atomic mass is 16.5. The van der Waals surface area contributed by atoms with Gasteiger partial charge in [0.25, 0.3) is 0 Å². The van der Waals surface area contributed by atoms with Crippen molar-refractivity contribution in [3.05, 3.63) is 41.6 Å². The van der Waals surface area contributed by atoms with E-state index in [1.807, 2.05) is 12.1 Å². The second-order valence-corrected chi connectivity index (χ2v) is 7.19. The number of aromatic nitrogens is 2. The monoisotopic (exact) mass is 354 g/mol. The van der Waals surface area contributed by atoms with Gasteiger partial charge in [0.15, 0.2) is 0 Å². The summed E-state index contributed by atoms with van der Waals surface area (Å²) in [4.78, 5) is 11.2. The van der Waals surface area contributed by atoms with Crippen LogP contribution in [-0.2, 0) is 4.74 Å². The standard InChI is InChI=1S/C20H26N4O2/c1-14-2-4-16(5-3-14)26-17-6-9-24(10-7-17)19-12-18(22-20(21)23-19)15-8-11-25-13-15/h2-5,12,15,17H,6-11,13H2,1H3,(H2,21,22,23)/t15-/m0/s1. The van der Waals surface area contributed by atoms with Crippen LogP contribution < -0.4 is 15.4 Å². The number of piperidine rings is 1. The van der Waals surface area contributed by atoms with Crippen LogP contribution in [0, 0.1) is 6.92 Å². The summed E-state index contributed by atoms with van der Waals surface area (Å²) in [5, 5.41) is 0. The molecule has 1 aromatic heterocycles. The summed E-state index contributed by atoms with van der Waals surface area (Å²) in [6.07, 6.45) is 3.19. The molecule has 0 spiro atoms. The van der Waals surface area contributed by atoms with Gasteiger partial charge in [0.2, 0.25) is 5.95 Å². The number of nitrogens with two attached hydrogens (primary N) is 1. The molecule has 4 rings (SSSR count). The van der Waals surface area contributed by atoms with Crippen LogP contribution >= 0.6 is 0 Å². The minimum absolute atomic E-state index is 0.246. The van der Waals surface area contributed by atoms with E-state index in [2.05, 4.69) is 40.0 Å². The van der Waals surface area contributed by atoms with Gasteiger partial charge in [-0.05, 0) is 25.5 Å². The van der Waals surface area contributed by atoms with Gasteiger partial charge in [0.1, 0.15) is 17.7 Å². The van der Waals surface area contributed by atoms with Gasteiger partial charge >= 0.3 is 0 Å². The number of rotatable bonds is 4. The summed E-state index contributed by atoms with van der Waals surface area (Å²) < 4.78 is 11.6. The van der Waals surface area contributed by atoms with Gasteiger partial charge in [-0.2, -0.15) is 4.98 Å². The van der Waals surface area contributed by atoms with Gasteiger partial charge in [-0.3, -0.25) is 0 Å². The number of hydrogen-bond donors (Lipinski definition) is 1. The predicted octanol–water partition coefficient (Wildman–Crippen LogP) is 2.92. The molecule has 138 valence electrons. The largest absolute Gasteiger partial charge is 0.490 e. The molecule has 2 saturated heterocycles. The third kappa shape index (κ3) is 3.90. The average Bonchev–Trinajstić information content (AvgIpc) is 3.19. The number of ether oxygens (including phenoxy) is 2. The quantitative estimate of drug-likeness (QED) is 0.910. The van der Waals surface area contributed by atoms with Crippen molar-refractivity contribution in [1.29, 1.82) is 0 Å². The second kappa shape index (κ2) is 7.50. The van der Waals surface area contributed by atoms with Crippen molar-refractivity contribution in [2.45, 2.75) is 38.2 Å². The van der Waals surface area contributed by atoms with Gasteiger partial charge in [-0.25, -0.2) is 4.98 Å². The summed E-state index contributed by atoms with van der Waals surface area (Å²) >= 11 is 0. The van der Waals surface area contributed by atoms with E-state index in [4.69, 9.17) is 15.2 Å². The molecule has 2 N–H and O–H groups in total. The molecule has 6 heteroatoms. The van der Waals surface area contributed by atoms with Gasteiger partial charge in [0, 0.05) is 44.5 Å². The molecule has 0 radical (unpaired) electrons. The molecule has 2 aliphatic heterocycles. The third-order valence-corrected chi connectivity index (χ3v) is 5.19. The van der Waals surface area contributed by atoms with Crippen molar-refractivity contribution in [2.24, 2.45) is 0 Å². The maximum Gasteiger partial charge on any atom is 0.222 e. The Bertz CT molecular complexity index is 736. The van der Waals surface area contributed by atoms with Crippen molar-refractivity contribution in [2.75, 3.05) is 36.9 Å². The molecule has 0 unspecified atom stereocenters. The number of nitrogen functional groups attached to an aromatic ring is 1. The molecule has 6 nitrogen and oxygen atoms in total. The zero-order valence-electron chi connectivity index (χ0n) is 15.2. The number of benzene rings is 1. The second-order valence-electron chi connectivity index (χ2n) is 7.19. The number of anilines is 2. The van der Waals surface area contributed by atoms with Crippen LogP contribution in [0.25, 0.3) is 0 Å². The fourth-order valence-corrected chi connectivity index (χ4v) is 3.62. The fourth-order valence-electron chi connectivity index (χ4n) is 3.62. The van der Waals surface area contributed by atoms with E-state index in [0.717, 1.165) is 62.8 Å². The maximum absolute atomic E-state index is 6.12. The maximum atomic E-state index is 6.12. The molecule has 26 heavy (non-hydrogen) atoms. The van der Waals surface area contributed by atoms with Crippen LogP contribution in [0.15, 0.2) is 30.3 Å². The highest BCUT2D eigenvalue weighted by Gasteiger charge is 2.25. The molecular formula is C20H26N4O2. The van der Waals surface area contributed by atoms with E-state index < -0.39 is 0 Å². The van der Waals surface area contributed by atoms with E-state index in [9.17, 15) is 0 Å². The van der Waals surface area contributed by atoms with Crippen LogP contribution in [0.5, 0.6) is 5.75 Å². The Hall–Kier alpha value is -2.34. The molecule has 1 aromatic carbocycles. The van der Waals surface area contributed by atoms with Gasteiger partial charge in [-0.15, -0.1) is 0 Å². The fraction of sp³-hybridized carbons (Fsp3) is 0.500. The number of aryl methyl sites for hydroxylation is 1. The minimum Gasteiger partial charge on any atom is -0.490 e. The summed E-state index contributed by atoms with van der Waals surface area (Å²) in [6, 6.07) is 10.3. The lowest BCUT2D eigenvalue weighted by molar-refractivity contribution is 0.170. The van der Waals surface area contributed by atoms with Gasteiger partial charge in [0.05, 0.1) is 12.3 Å². The zero-order chi connectivity index (χ0) is 17.9. The molecule has 1 atom stereocenters. The molecule has 0 aliphatic carbocycles. The van der Waals surface area contributed by atoms with Crippen LogP contribution in [0.3, 0.4) is 0 Å². The van der Waals surface area contributed by atoms with Gasteiger partial charge < -0.3 is 20.1 Å². The number of hydrogen-bond acceptors (Lipinski definition) is 6. The Morgan fingerprint density at radius 1 is 1.12 bits per heavy atom. The highest BCUT2D eigenvalue weighted by molar-refractivity contribution is 5.45. The average molecular weight is 354 g/mol. The van der Waals surface area contributed by atoms with E-state index in [1.54, 1.807) is 0 Å². The van der Waals surface area contributed by atoms with E-state index in [1.165, 1.54) is 5.56 Å². The lowest BCUT2D eigenvalue weighted by atomic mass is 10.0. The van der Waals surface area contributed by atoms with Crippen molar-refractivity contribution < 1.29 is 9.47 Å². The Labute approximate surface area is 154 Å². The molecule has 2 aliphatic rings. The Morgan fingerprint density at radius 3 is 2.58 bits per heavy atom. The highest BCUT2D eigenvalue weighted by Crippen LogP contribution is 2.28. The third-order valence-electron chi connectivity index (χ3n) is 5.19. The first kappa shape index (κ1) is 17.1. The van der Waals surface area contributed by atoms with Crippen molar-refractivity contribution in [1.82, 2.24) is 9.97 Å². The smallest absolute Gasteiger partial charge is 0.222 e. The topological polar surface area (TPSA) is 73.5 Å². The molecule has 0 bridgehead atoms. The van der Waals surface area contributed by atoms with E-state index >= 15 is 0 Å². The SMILES string of the molecule is Cc1ccc(OC2CCN(c3cc([C@H]4CCOC4)nc(N)n3)CC2)cc1. The molecule has 0 saturated carbocycles. The first-order valence-corrected chi connectivity index (χ1v) is 9.38. The lowest BCUT2D eigenvalue weighted by Crippen LogP contribution is -2.39. The normalized spacial score (nSPS) is 21.1. The molecule has 0 amide bonds. The van der Waals surface area contributed by atoms with Crippen molar-refractivity contribution >= 4 is 11.8 Å². The molecule has 2 aromatic rings. The first-order chi connectivity index (χ1) is 12.7. The number of nitrogens with zero attached hydrogens (tertiary/aromatic N) is 3. The molecule has 2 fully saturated rings. The van der Waals surface area contributed by atoms with Crippen LogP contribution in [0.4, 0.5) is 11.8 Å². The zero-order valence-corrected chi connectivity index (χ0v) is 15.2. The Balaban J connectivity index is 1.39. The Morgan fingerprint density at radius 2 is 1.88 bits per heavy atom. The summed E-state index contributed by atoms with van der Waals surface area (Å²) in [5.41, 5.74) is 8.21. The van der Waals surface area contributed by atoms with Crippen molar-refractivity contribution in [3.63, 3.8) is 0 Å². The van der Waals surface area contributed by atoms with Gasteiger partial charge in [-0.1, -0.05) is 17.7 Å². The Kier molecular flexibility index (Phi) is 4.93. The summed E-state index contributed by atoms with van der Waals surface area (Å²) in [6.45, 7) is 5.43. The molecule has 3 heterocycles. The summed E-state index contributed by atoms with van der Waals surface area (Å²) in [7, 11) is 0. The summed E-state index contributed by atoms with van der Waals surface area (Å²) in [5.74, 6) is 2.56. The first-order valence-electron chi connectivity index (χ1n) is 9.38. The lowest BCUT2D eigenvalue weighted by Gasteiger charge is -2.33. The predicted molar refractivity (Wildman–Crippen MR) is 102 cm³/mol. The van der Waals surface area contributed by atoms with E-state index in [-0.39, 0.29) is 6.10 Å². The van der Waals surface area contributed by atoms with E-state index in [0.29, 0.717) is 11.9 Å². The van der Waals surface area contributed by atoms with Crippen LogP contribution in [0.2, 0.25) is 0 Å². The van der Waals surface area contributed by atoms with Crippen LogP contribution in [0.1, 0.15) is 36.4 Å². The van der Waals surface area contributed by atoms with Crippen molar-refractivity contribution in [3.8, 4) is 5.75 Å². The molecular weight excluding hydrogens is 328 g/mol. The minimum atomic E-state index is 0.246.